The molecule has 0 aliphatic rings. The van der Waals surface area contributed by atoms with Crippen molar-refractivity contribution in [3.05, 3.63) is 48.5 Å². The molecule has 19 heavy (non-hydrogen) atoms. The van der Waals surface area contributed by atoms with Gasteiger partial charge in [-0.1, -0.05) is 12.1 Å². The van der Waals surface area contributed by atoms with Gasteiger partial charge in [-0.15, -0.1) is 0 Å². The van der Waals surface area contributed by atoms with Crippen molar-refractivity contribution in [1.82, 2.24) is 14.9 Å². The van der Waals surface area contributed by atoms with E-state index in [1.807, 2.05) is 10.8 Å². The monoisotopic (exact) mass is 259 g/mol. The largest absolute Gasteiger partial charge is 0.377 e. The predicted octanol–water partition coefficient (Wildman–Crippen LogP) is 2.39. The topological polar surface area (TPSA) is 39.1 Å². The van der Waals surface area contributed by atoms with Gasteiger partial charge in [0, 0.05) is 38.3 Å². The van der Waals surface area contributed by atoms with E-state index in [0.29, 0.717) is 0 Å². The molecule has 1 heterocycles. The standard InChI is InChI=1S/C15H21N3O/c1-15(2,19-3)11-17-10-13-4-6-14(7-5-13)18-9-8-16-12-18/h4-9,12,17H,10-11H2,1-3H3. The Hall–Kier alpha value is -1.65. The molecule has 0 aliphatic heterocycles. The second-order valence-corrected chi connectivity index (χ2v) is 5.20. The number of benzene rings is 1. The number of hydrogen-bond donors (Lipinski definition) is 1. The molecule has 0 amide bonds. The average Bonchev–Trinajstić information content (AvgIpc) is 2.93. The van der Waals surface area contributed by atoms with Crippen LogP contribution in [0.3, 0.4) is 0 Å². The summed E-state index contributed by atoms with van der Waals surface area (Å²) >= 11 is 0. The first-order chi connectivity index (χ1) is 9.11. The van der Waals surface area contributed by atoms with Crippen LogP contribution in [0.25, 0.3) is 5.69 Å². The van der Waals surface area contributed by atoms with E-state index in [9.17, 15) is 0 Å². The number of methoxy groups -OCH3 is 1. The van der Waals surface area contributed by atoms with Crippen LogP contribution in [0.1, 0.15) is 19.4 Å². The molecule has 0 saturated carbocycles. The Bertz CT molecular complexity index is 489. The number of hydrogen-bond acceptors (Lipinski definition) is 3. The molecule has 1 N–H and O–H groups in total. The van der Waals surface area contributed by atoms with Crippen molar-refractivity contribution in [3.63, 3.8) is 0 Å². The van der Waals surface area contributed by atoms with Gasteiger partial charge in [-0.2, -0.15) is 0 Å². The molecule has 2 aromatic rings. The van der Waals surface area contributed by atoms with E-state index < -0.39 is 0 Å². The normalized spacial score (nSPS) is 11.7. The summed E-state index contributed by atoms with van der Waals surface area (Å²) in [5.74, 6) is 0. The summed E-state index contributed by atoms with van der Waals surface area (Å²) in [5, 5.41) is 3.40. The summed E-state index contributed by atoms with van der Waals surface area (Å²) in [6.07, 6.45) is 5.52. The Kier molecular flexibility index (Phi) is 4.35. The van der Waals surface area contributed by atoms with Crippen molar-refractivity contribution in [3.8, 4) is 5.69 Å². The summed E-state index contributed by atoms with van der Waals surface area (Å²) in [6, 6.07) is 8.45. The minimum absolute atomic E-state index is 0.128. The van der Waals surface area contributed by atoms with Crippen molar-refractivity contribution >= 4 is 0 Å². The Morgan fingerprint density at radius 2 is 2.00 bits per heavy atom. The van der Waals surface area contributed by atoms with Crippen LogP contribution in [-0.2, 0) is 11.3 Å². The van der Waals surface area contributed by atoms with Crippen LogP contribution < -0.4 is 5.32 Å². The van der Waals surface area contributed by atoms with Crippen molar-refractivity contribution in [2.75, 3.05) is 13.7 Å². The third-order valence-corrected chi connectivity index (χ3v) is 3.17. The molecule has 0 saturated heterocycles. The van der Waals surface area contributed by atoms with E-state index in [0.717, 1.165) is 18.8 Å². The lowest BCUT2D eigenvalue weighted by Crippen LogP contribution is -2.36. The van der Waals surface area contributed by atoms with Crippen LogP contribution in [0.4, 0.5) is 0 Å². The summed E-state index contributed by atoms with van der Waals surface area (Å²) in [6.45, 7) is 5.81. The zero-order chi connectivity index (χ0) is 13.7. The second kappa shape index (κ2) is 5.99. The minimum Gasteiger partial charge on any atom is -0.377 e. The first kappa shape index (κ1) is 13.8. The highest BCUT2D eigenvalue weighted by molar-refractivity contribution is 5.34. The molecule has 0 fully saturated rings. The summed E-state index contributed by atoms with van der Waals surface area (Å²) in [7, 11) is 1.74. The van der Waals surface area contributed by atoms with E-state index in [1.54, 1.807) is 19.6 Å². The fraction of sp³-hybridized carbons (Fsp3) is 0.400. The van der Waals surface area contributed by atoms with Crippen LogP contribution in [0.15, 0.2) is 43.0 Å². The van der Waals surface area contributed by atoms with E-state index in [4.69, 9.17) is 4.74 Å². The lowest BCUT2D eigenvalue weighted by Gasteiger charge is -2.23. The first-order valence-electron chi connectivity index (χ1n) is 6.44. The first-order valence-corrected chi connectivity index (χ1v) is 6.44. The smallest absolute Gasteiger partial charge is 0.0991 e. The Labute approximate surface area is 114 Å². The molecule has 1 aromatic heterocycles. The fourth-order valence-corrected chi connectivity index (χ4v) is 1.78. The van der Waals surface area contributed by atoms with Gasteiger partial charge in [-0.25, -0.2) is 4.98 Å². The van der Waals surface area contributed by atoms with Crippen molar-refractivity contribution in [2.45, 2.75) is 26.0 Å². The summed E-state index contributed by atoms with van der Waals surface area (Å²) in [5.41, 5.74) is 2.26. The minimum atomic E-state index is -0.128. The third-order valence-electron chi connectivity index (χ3n) is 3.17. The van der Waals surface area contributed by atoms with Crippen LogP contribution in [0, 0.1) is 0 Å². The van der Waals surface area contributed by atoms with Gasteiger partial charge in [0.2, 0.25) is 0 Å². The quantitative estimate of drug-likeness (QED) is 0.865. The van der Waals surface area contributed by atoms with Gasteiger partial charge in [-0.3, -0.25) is 0 Å². The van der Waals surface area contributed by atoms with Gasteiger partial charge in [0.1, 0.15) is 0 Å². The van der Waals surface area contributed by atoms with Crippen LogP contribution in [-0.4, -0.2) is 28.8 Å². The average molecular weight is 259 g/mol. The van der Waals surface area contributed by atoms with E-state index in [-0.39, 0.29) is 5.60 Å². The summed E-state index contributed by atoms with van der Waals surface area (Å²) < 4.78 is 7.36. The van der Waals surface area contributed by atoms with E-state index in [1.165, 1.54) is 5.56 Å². The zero-order valence-corrected chi connectivity index (χ0v) is 11.8. The van der Waals surface area contributed by atoms with Gasteiger partial charge in [0.25, 0.3) is 0 Å². The van der Waals surface area contributed by atoms with Crippen molar-refractivity contribution in [2.24, 2.45) is 0 Å². The molecule has 4 nitrogen and oxygen atoms in total. The number of aromatic nitrogens is 2. The highest BCUT2D eigenvalue weighted by Gasteiger charge is 2.14. The van der Waals surface area contributed by atoms with Gasteiger partial charge >= 0.3 is 0 Å². The molecule has 0 bridgehead atoms. The molecule has 0 unspecified atom stereocenters. The fourth-order valence-electron chi connectivity index (χ4n) is 1.78. The molecule has 2 rings (SSSR count). The molecular weight excluding hydrogens is 238 g/mol. The number of imidazole rings is 1. The maximum atomic E-state index is 5.37. The van der Waals surface area contributed by atoms with Gasteiger partial charge in [-0.05, 0) is 31.5 Å². The number of nitrogens with zero attached hydrogens (tertiary/aromatic N) is 2. The maximum Gasteiger partial charge on any atom is 0.0991 e. The molecule has 0 atom stereocenters. The van der Waals surface area contributed by atoms with E-state index >= 15 is 0 Å². The number of nitrogens with one attached hydrogen (secondary N) is 1. The third kappa shape index (κ3) is 3.91. The number of ether oxygens (including phenoxy) is 1. The zero-order valence-electron chi connectivity index (χ0n) is 11.8. The maximum absolute atomic E-state index is 5.37. The van der Waals surface area contributed by atoms with Crippen LogP contribution >= 0.6 is 0 Å². The Morgan fingerprint density at radius 1 is 1.26 bits per heavy atom. The SMILES string of the molecule is COC(C)(C)CNCc1ccc(-n2ccnc2)cc1. The van der Waals surface area contributed by atoms with Crippen LogP contribution in [0.5, 0.6) is 0 Å². The van der Waals surface area contributed by atoms with Crippen molar-refractivity contribution in [1.29, 1.82) is 0 Å². The van der Waals surface area contributed by atoms with Crippen LogP contribution in [0.2, 0.25) is 0 Å². The number of rotatable bonds is 6. The van der Waals surface area contributed by atoms with Gasteiger partial charge in [0.15, 0.2) is 0 Å². The Morgan fingerprint density at radius 3 is 2.58 bits per heavy atom. The van der Waals surface area contributed by atoms with Gasteiger partial charge in [0.05, 0.1) is 11.9 Å². The molecule has 102 valence electrons. The molecule has 0 radical (unpaired) electrons. The lowest BCUT2D eigenvalue weighted by atomic mass is 10.1. The summed E-state index contributed by atoms with van der Waals surface area (Å²) in [4.78, 5) is 4.04. The van der Waals surface area contributed by atoms with E-state index in [2.05, 4.69) is 48.4 Å². The predicted molar refractivity (Wildman–Crippen MR) is 76.4 cm³/mol. The van der Waals surface area contributed by atoms with Gasteiger partial charge < -0.3 is 14.6 Å². The molecule has 0 aliphatic carbocycles. The molecule has 0 spiro atoms. The highest BCUT2D eigenvalue weighted by atomic mass is 16.5. The Balaban J connectivity index is 1.89. The van der Waals surface area contributed by atoms with Crippen molar-refractivity contribution < 1.29 is 4.74 Å². The molecule has 4 heteroatoms. The second-order valence-electron chi connectivity index (χ2n) is 5.20. The molecular formula is C15H21N3O. The lowest BCUT2D eigenvalue weighted by molar-refractivity contribution is 0.0230. The molecule has 1 aromatic carbocycles. The highest BCUT2D eigenvalue weighted by Crippen LogP contribution is 2.10.